The van der Waals surface area contributed by atoms with Crippen LogP contribution in [-0.2, 0) is 0 Å². The quantitative estimate of drug-likeness (QED) is 0.539. The third-order valence-electron chi connectivity index (χ3n) is 1.51. The summed E-state index contributed by atoms with van der Waals surface area (Å²) in [4.78, 5) is 0. The summed E-state index contributed by atoms with van der Waals surface area (Å²) in [5.74, 6) is 0.287. The maximum atomic E-state index is 8.93. The monoisotopic (exact) mass is 112 g/mol. The van der Waals surface area contributed by atoms with Crippen LogP contribution in [0.2, 0.25) is 6.32 Å². The van der Waals surface area contributed by atoms with E-state index in [4.69, 9.17) is 13.0 Å². The summed E-state index contributed by atoms with van der Waals surface area (Å²) < 4.78 is 0. The van der Waals surface area contributed by atoms with Crippen molar-refractivity contribution < 1.29 is 5.11 Å². The van der Waals surface area contributed by atoms with E-state index in [1.54, 1.807) is 6.92 Å². The molecule has 0 aromatic rings. The Morgan fingerprint density at radius 1 is 1.62 bits per heavy atom. The Morgan fingerprint density at radius 2 is 2.12 bits per heavy atom. The molecule has 2 atom stereocenters. The average molecular weight is 112 g/mol. The molecular weight excluding hydrogens is 98.9 g/mol. The summed E-state index contributed by atoms with van der Waals surface area (Å²) in [5, 5.41) is 8.93. The van der Waals surface area contributed by atoms with Crippen LogP contribution in [0.1, 0.15) is 20.3 Å². The Bertz CT molecular complexity index is 50.5. The molecule has 2 radical (unpaired) electrons. The summed E-state index contributed by atoms with van der Waals surface area (Å²) in [6.07, 6.45) is 1.31. The van der Waals surface area contributed by atoms with Crippen molar-refractivity contribution in [3.63, 3.8) is 0 Å². The smallest absolute Gasteiger partial charge is 0.0658 e. The maximum absolute atomic E-state index is 8.93. The van der Waals surface area contributed by atoms with Crippen molar-refractivity contribution in [1.82, 2.24) is 0 Å². The number of rotatable bonds is 3. The van der Waals surface area contributed by atoms with Crippen molar-refractivity contribution in [2.24, 2.45) is 5.92 Å². The van der Waals surface area contributed by atoms with Crippen molar-refractivity contribution >= 4 is 7.85 Å². The second-order valence-electron chi connectivity index (χ2n) is 2.14. The Balaban J connectivity index is 3.35. The van der Waals surface area contributed by atoms with Crippen LogP contribution in [0.3, 0.4) is 0 Å². The summed E-state index contributed by atoms with van der Waals surface area (Å²) in [6.45, 7) is 3.81. The largest absolute Gasteiger partial charge is 0.393 e. The number of aliphatic hydroxyl groups excluding tert-OH is 1. The molecule has 0 saturated heterocycles. The lowest BCUT2D eigenvalue weighted by Gasteiger charge is -2.14. The SMILES string of the molecule is [B]C[C@@H](CC)[C@H](C)O. The standard InChI is InChI=1S/C6H13BO/c1-3-6(4-7)5(2)8/h5-6,8H,3-4H2,1-2H3/t5-,6+/m0/s1. The summed E-state index contributed by atoms with van der Waals surface area (Å²) in [5.41, 5.74) is 0. The second kappa shape index (κ2) is 3.96. The van der Waals surface area contributed by atoms with Crippen molar-refractivity contribution in [1.29, 1.82) is 0 Å². The minimum absolute atomic E-state index is 0.245. The van der Waals surface area contributed by atoms with Crippen LogP contribution >= 0.6 is 0 Å². The minimum Gasteiger partial charge on any atom is -0.393 e. The van der Waals surface area contributed by atoms with Gasteiger partial charge in [-0.3, -0.25) is 0 Å². The number of hydrogen-bond donors (Lipinski definition) is 1. The third-order valence-corrected chi connectivity index (χ3v) is 1.51. The molecule has 0 spiro atoms. The molecule has 1 N–H and O–H groups in total. The van der Waals surface area contributed by atoms with E-state index < -0.39 is 0 Å². The molecule has 0 aliphatic carbocycles. The topological polar surface area (TPSA) is 20.2 Å². The molecule has 0 aliphatic heterocycles. The molecular formula is C6H13BO. The zero-order chi connectivity index (χ0) is 6.57. The van der Waals surface area contributed by atoms with E-state index in [1.165, 1.54) is 0 Å². The molecule has 0 amide bonds. The van der Waals surface area contributed by atoms with Gasteiger partial charge in [-0.15, -0.1) is 0 Å². The molecule has 1 nitrogen and oxygen atoms in total. The Hall–Kier alpha value is 0.0249. The van der Waals surface area contributed by atoms with Gasteiger partial charge in [-0.1, -0.05) is 19.7 Å². The van der Waals surface area contributed by atoms with Crippen LogP contribution in [0.25, 0.3) is 0 Å². The lowest BCUT2D eigenvalue weighted by atomic mass is 9.86. The second-order valence-corrected chi connectivity index (χ2v) is 2.14. The number of hydrogen-bond acceptors (Lipinski definition) is 1. The zero-order valence-corrected chi connectivity index (χ0v) is 5.59. The van der Waals surface area contributed by atoms with Crippen molar-refractivity contribution in [2.75, 3.05) is 0 Å². The van der Waals surface area contributed by atoms with Gasteiger partial charge in [0.15, 0.2) is 0 Å². The normalized spacial score (nSPS) is 17.9. The zero-order valence-electron chi connectivity index (χ0n) is 5.59. The van der Waals surface area contributed by atoms with Crippen molar-refractivity contribution in [3.8, 4) is 0 Å². The van der Waals surface area contributed by atoms with E-state index in [-0.39, 0.29) is 12.0 Å². The van der Waals surface area contributed by atoms with Gasteiger partial charge in [0.1, 0.15) is 0 Å². The van der Waals surface area contributed by atoms with Crippen LogP contribution < -0.4 is 0 Å². The molecule has 0 aromatic heterocycles. The third kappa shape index (κ3) is 2.36. The lowest BCUT2D eigenvalue weighted by Crippen LogP contribution is -2.14. The molecule has 0 aliphatic rings. The number of aliphatic hydroxyl groups is 1. The van der Waals surface area contributed by atoms with Crippen LogP contribution in [0, 0.1) is 5.92 Å². The molecule has 46 valence electrons. The van der Waals surface area contributed by atoms with Crippen LogP contribution in [-0.4, -0.2) is 19.1 Å². The van der Waals surface area contributed by atoms with Gasteiger partial charge in [-0.05, 0) is 12.8 Å². The Morgan fingerprint density at radius 3 is 2.12 bits per heavy atom. The van der Waals surface area contributed by atoms with Gasteiger partial charge >= 0.3 is 0 Å². The molecule has 2 heteroatoms. The highest BCUT2D eigenvalue weighted by atomic mass is 16.3. The van der Waals surface area contributed by atoms with E-state index in [9.17, 15) is 0 Å². The van der Waals surface area contributed by atoms with E-state index in [1.807, 2.05) is 6.92 Å². The lowest BCUT2D eigenvalue weighted by molar-refractivity contribution is 0.133. The van der Waals surface area contributed by atoms with Gasteiger partial charge in [-0.2, -0.15) is 0 Å². The molecule has 0 rings (SSSR count). The highest BCUT2D eigenvalue weighted by Gasteiger charge is 2.07. The average Bonchev–Trinajstić information content (AvgIpc) is 1.69. The maximum Gasteiger partial charge on any atom is 0.0658 e. The Kier molecular flexibility index (Phi) is 3.97. The first kappa shape index (κ1) is 8.02. The molecule has 8 heavy (non-hydrogen) atoms. The van der Waals surface area contributed by atoms with Gasteiger partial charge < -0.3 is 5.11 Å². The summed E-state index contributed by atoms with van der Waals surface area (Å²) >= 11 is 0. The molecule has 0 unspecified atom stereocenters. The fourth-order valence-corrected chi connectivity index (χ4v) is 0.705. The minimum atomic E-state index is -0.245. The summed E-state index contributed by atoms with van der Waals surface area (Å²) in [6, 6.07) is 0. The molecule has 0 saturated carbocycles. The van der Waals surface area contributed by atoms with Crippen LogP contribution in [0.4, 0.5) is 0 Å². The highest BCUT2D eigenvalue weighted by molar-refractivity contribution is 6.08. The highest BCUT2D eigenvalue weighted by Crippen LogP contribution is 2.10. The van der Waals surface area contributed by atoms with Crippen LogP contribution in [0.5, 0.6) is 0 Å². The molecule has 0 aromatic carbocycles. The predicted octanol–water partition coefficient (Wildman–Crippen LogP) is 0.980. The molecule has 0 fully saturated rings. The Labute approximate surface area is 52.5 Å². The first-order valence-electron chi connectivity index (χ1n) is 3.10. The van der Waals surface area contributed by atoms with Gasteiger partial charge in [0.05, 0.1) is 14.0 Å². The first-order chi connectivity index (χ1) is 3.72. The predicted molar refractivity (Wildman–Crippen MR) is 36.0 cm³/mol. The summed E-state index contributed by atoms with van der Waals surface area (Å²) in [7, 11) is 5.32. The molecule has 0 heterocycles. The van der Waals surface area contributed by atoms with E-state index in [0.29, 0.717) is 6.32 Å². The molecule has 0 bridgehead atoms. The fourth-order valence-electron chi connectivity index (χ4n) is 0.705. The van der Waals surface area contributed by atoms with E-state index in [2.05, 4.69) is 0 Å². The fraction of sp³-hybridized carbons (Fsp3) is 1.00. The van der Waals surface area contributed by atoms with Crippen LogP contribution in [0.15, 0.2) is 0 Å². The van der Waals surface area contributed by atoms with E-state index >= 15 is 0 Å². The van der Waals surface area contributed by atoms with Gasteiger partial charge in [0.25, 0.3) is 0 Å². The van der Waals surface area contributed by atoms with Gasteiger partial charge in [0.2, 0.25) is 0 Å². The van der Waals surface area contributed by atoms with Crippen molar-refractivity contribution in [2.45, 2.75) is 32.7 Å². The van der Waals surface area contributed by atoms with Crippen molar-refractivity contribution in [3.05, 3.63) is 0 Å². The van der Waals surface area contributed by atoms with Gasteiger partial charge in [-0.25, -0.2) is 0 Å². The van der Waals surface area contributed by atoms with Gasteiger partial charge in [0, 0.05) is 0 Å². The first-order valence-corrected chi connectivity index (χ1v) is 3.10. The van der Waals surface area contributed by atoms with E-state index in [0.717, 1.165) is 6.42 Å².